The van der Waals surface area contributed by atoms with Crippen LogP contribution in [0.1, 0.15) is 22.0 Å². The Bertz CT molecular complexity index is 829. The van der Waals surface area contributed by atoms with Crippen LogP contribution in [0.25, 0.3) is 0 Å². The largest absolute Gasteiger partial charge is 0.493 e. The summed E-state index contributed by atoms with van der Waals surface area (Å²) in [7, 11) is 4.86. The van der Waals surface area contributed by atoms with Crippen molar-refractivity contribution < 1.29 is 24.2 Å². The maximum atomic E-state index is 12.8. The molecule has 0 spiro atoms. The van der Waals surface area contributed by atoms with Gasteiger partial charge in [0.2, 0.25) is 0 Å². The molecule has 2 heterocycles. The third-order valence-electron chi connectivity index (χ3n) is 4.92. The second-order valence-corrected chi connectivity index (χ2v) is 6.35. The number of para-hydroxylation sites is 1. The van der Waals surface area contributed by atoms with E-state index in [1.807, 2.05) is 6.07 Å². The molecule has 1 aromatic carbocycles. The molecular formula is C19H22N2O5. The van der Waals surface area contributed by atoms with E-state index in [1.54, 1.807) is 47.0 Å². The molecule has 1 N–H and O–H groups in total. The van der Waals surface area contributed by atoms with Crippen molar-refractivity contribution in [2.75, 3.05) is 27.3 Å². The van der Waals surface area contributed by atoms with E-state index in [2.05, 4.69) is 0 Å². The molecule has 0 radical (unpaired) electrons. The predicted octanol–water partition coefficient (Wildman–Crippen LogP) is 1.98. The number of nitrogens with zero attached hydrogens (tertiary/aromatic N) is 2. The zero-order chi connectivity index (χ0) is 18.8. The minimum atomic E-state index is -0.929. The van der Waals surface area contributed by atoms with Crippen LogP contribution in [-0.4, -0.2) is 53.8 Å². The first-order valence-electron chi connectivity index (χ1n) is 8.32. The highest BCUT2D eigenvalue weighted by Crippen LogP contribution is 2.42. The van der Waals surface area contributed by atoms with E-state index in [1.165, 1.54) is 14.2 Å². The second-order valence-electron chi connectivity index (χ2n) is 6.35. The number of aryl methyl sites for hydroxylation is 1. The van der Waals surface area contributed by atoms with Crippen molar-refractivity contribution >= 4 is 11.9 Å². The number of rotatable bonds is 5. The van der Waals surface area contributed by atoms with Crippen LogP contribution in [0, 0.1) is 5.92 Å². The van der Waals surface area contributed by atoms with Crippen molar-refractivity contribution in [2.45, 2.75) is 5.92 Å². The lowest BCUT2D eigenvalue weighted by atomic mass is 9.88. The lowest BCUT2D eigenvalue weighted by molar-refractivity contribution is -0.141. The molecule has 0 bridgehead atoms. The van der Waals surface area contributed by atoms with Gasteiger partial charge in [0, 0.05) is 37.8 Å². The summed E-state index contributed by atoms with van der Waals surface area (Å²) in [5.74, 6) is -1.13. The van der Waals surface area contributed by atoms with E-state index in [9.17, 15) is 14.7 Å². The van der Waals surface area contributed by atoms with E-state index >= 15 is 0 Å². The second kappa shape index (κ2) is 7.11. The van der Waals surface area contributed by atoms with Gasteiger partial charge in [-0.2, -0.15) is 0 Å². The van der Waals surface area contributed by atoms with Gasteiger partial charge >= 0.3 is 5.97 Å². The Hall–Kier alpha value is -2.96. The van der Waals surface area contributed by atoms with Crippen LogP contribution in [0.2, 0.25) is 0 Å². The first-order chi connectivity index (χ1) is 12.5. The highest BCUT2D eigenvalue weighted by Gasteiger charge is 2.42. The average Bonchev–Trinajstić information content (AvgIpc) is 3.26. The minimum absolute atomic E-state index is 0.157. The maximum absolute atomic E-state index is 12.8. The van der Waals surface area contributed by atoms with Crippen molar-refractivity contribution in [3.8, 4) is 11.5 Å². The molecule has 1 amide bonds. The van der Waals surface area contributed by atoms with Gasteiger partial charge in [-0.15, -0.1) is 0 Å². The zero-order valence-corrected chi connectivity index (χ0v) is 15.0. The SMILES string of the molecule is COc1cccc([C@H]2CN(C(=O)c3cccn3C)C[C@@H]2C(=O)O)c1OC. The fourth-order valence-corrected chi connectivity index (χ4v) is 3.58. The number of carbonyl (C=O) groups excluding carboxylic acids is 1. The Balaban J connectivity index is 1.96. The van der Waals surface area contributed by atoms with Crippen LogP contribution < -0.4 is 9.47 Å². The molecule has 2 atom stereocenters. The Morgan fingerprint density at radius 3 is 2.46 bits per heavy atom. The molecule has 1 aromatic heterocycles. The molecule has 26 heavy (non-hydrogen) atoms. The number of aliphatic carboxylic acids is 1. The van der Waals surface area contributed by atoms with Crippen LogP contribution in [0.4, 0.5) is 0 Å². The Labute approximate surface area is 151 Å². The van der Waals surface area contributed by atoms with E-state index in [0.29, 0.717) is 23.7 Å². The summed E-state index contributed by atoms with van der Waals surface area (Å²) in [5, 5.41) is 9.70. The van der Waals surface area contributed by atoms with Gasteiger partial charge in [-0.05, 0) is 18.2 Å². The highest BCUT2D eigenvalue weighted by atomic mass is 16.5. The van der Waals surface area contributed by atoms with E-state index in [4.69, 9.17) is 9.47 Å². The summed E-state index contributed by atoms with van der Waals surface area (Å²) in [4.78, 5) is 26.2. The number of carboxylic acids is 1. The molecule has 1 fully saturated rings. The van der Waals surface area contributed by atoms with E-state index < -0.39 is 11.9 Å². The number of aromatic nitrogens is 1. The fourth-order valence-electron chi connectivity index (χ4n) is 3.58. The zero-order valence-electron chi connectivity index (χ0n) is 15.0. The topological polar surface area (TPSA) is 81.0 Å². The summed E-state index contributed by atoms with van der Waals surface area (Å²) >= 11 is 0. The summed E-state index contributed by atoms with van der Waals surface area (Å²) < 4.78 is 12.5. The van der Waals surface area contributed by atoms with Crippen molar-refractivity contribution in [3.05, 3.63) is 47.8 Å². The average molecular weight is 358 g/mol. The molecule has 138 valence electrons. The number of hydrogen-bond acceptors (Lipinski definition) is 4. The van der Waals surface area contributed by atoms with Crippen molar-refractivity contribution in [1.29, 1.82) is 0 Å². The predicted molar refractivity (Wildman–Crippen MR) is 94.7 cm³/mol. The van der Waals surface area contributed by atoms with Crippen LogP contribution >= 0.6 is 0 Å². The Morgan fingerprint density at radius 1 is 1.12 bits per heavy atom. The highest BCUT2D eigenvalue weighted by molar-refractivity contribution is 5.93. The number of ether oxygens (including phenoxy) is 2. The van der Waals surface area contributed by atoms with Gasteiger partial charge in [-0.1, -0.05) is 12.1 Å². The molecule has 1 saturated heterocycles. The molecule has 0 unspecified atom stereocenters. The molecular weight excluding hydrogens is 336 g/mol. The van der Waals surface area contributed by atoms with Crippen LogP contribution in [0.5, 0.6) is 11.5 Å². The van der Waals surface area contributed by atoms with Gasteiger partial charge in [0.25, 0.3) is 5.91 Å². The van der Waals surface area contributed by atoms with E-state index in [-0.39, 0.29) is 18.4 Å². The van der Waals surface area contributed by atoms with Gasteiger partial charge in [-0.3, -0.25) is 9.59 Å². The lowest BCUT2D eigenvalue weighted by Crippen LogP contribution is -2.31. The van der Waals surface area contributed by atoms with Gasteiger partial charge in [0.15, 0.2) is 11.5 Å². The van der Waals surface area contributed by atoms with Gasteiger partial charge in [-0.25, -0.2) is 0 Å². The molecule has 0 saturated carbocycles. The number of benzene rings is 1. The quantitative estimate of drug-likeness (QED) is 0.884. The monoisotopic (exact) mass is 358 g/mol. The van der Waals surface area contributed by atoms with Crippen molar-refractivity contribution in [2.24, 2.45) is 13.0 Å². The normalized spacial score (nSPS) is 19.4. The molecule has 7 nitrogen and oxygen atoms in total. The summed E-state index contributed by atoms with van der Waals surface area (Å²) in [5.41, 5.74) is 1.27. The summed E-state index contributed by atoms with van der Waals surface area (Å²) in [6.45, 7) is 0.467. The molecule has 0 aliphatic carbocycles. The minimum Gasteiger partial charge on any atom is -0.493 e. The van der Waals surface area contributed by atoms with Gasteiger partial charge in [0.1, 0.15) is 5.69 Å². The summed E-state index contributed by atoms with van der Waals surface area (Å²) in [6, 6.07) is 8.92. The van der Waals surface area contributed by atoms with Crippen LogP contribution in [0.3, 0.4) is 0 Å². The molecule has 1 aliphatic heterocycles. The first-order valence-corrected chi connectivity index (χ1v) is 8.32. The number of carbonyl (C=O) groups is 2. The van der Waals surface area contributed by atoms with Crippen LogP contribution in [-0.2, 0) is 11.8 Å². The maximum Gasteiger partial charge on any atom is 0.308 e. The van der Waals surface area contributed by atoms with Gasteiger partial charge in [0.05, 0.1) is 20.1 Å². The first kappa shape index (κ1) is 17.8. The smallest absolute Gasteiger partial charge is 0.308 e. The van der Waals surface area contributed by atoms with Crippen molar-refractivity contribution in [1.82, 2.24) is 9.47 Å². The Morgan fingerprint density at radius 2 is 1.88 bits per heavy atom. The standard InChI is InChI=1S/C19H22N2O5/c1-20-9-5-7-15(20)18(22)21-10-13(14(11-21)19(23)24)12-6-4-8-16(25-2)17(12)26-3/h4-9,13-14H,10-11H2,1-3H3,(H,23,24)/t13-,14+/m1/s1. The van der Waals surface area contributed by atoms with Crippen molar-refractivity contribution in [3.63, 3.8) is 0 Å². The fraction of sp³-hybridized carbons (Fsp3) is 0.368. The number of amides is 1. The molecule has 7 heteroatoms. The summed E-state index contributed by atoms with van der Waals surface area (Å²) in [6.07, 6.45) is 1.79. The van der Waals surface area contributed by atoms with Gasteiger partial charge < -0.3 is 24.0 Å². The molecule has 1 aliphatic rings. The molecule has 3 rings (SSSR count). The molecule has 2 aromatic rings. The lowest BCUT2D eigenvalue weighted by Gasteiger charge is -2.20. The number of methoxy groups -OCH3 is 2. The third kappa shape index (κ3) is 3.00. The van der Waals surface area contributed by atoms with Crippen LogP contribution in [0.15, 0.2) is 36.5 Å². The number of likely N-dealkylation sites (tertiary alicyclic amines) is 1. The Kier molecular flexibility index (Phi) is 4.88. The number of hydrogen-bond donors (Lipinski definition) is 1. The third-order valence-corrected chi connectivity index (χ3v) is 4.92. The van der Waals surface area contributed by atoms with E-state index in [0.717, 1.165) is 5.56 Å². The number of carboxylic acid groups (broad SMARTS) is 1.